The predicted molar refractivity (Wildman–Crippen MR) is 102 cm³/mol. The average Bonchev–Trinajstić information content (AvgIpc) is 2.85. The molecule has 0 saturated carbocycles. The second kappa shape index (κ2) is 7.60. The Labute approximate surface area is 154 Å². The van der Waals surface area contributed by atoms with Gasteiger partial charge in [0.1, 0.15) is 11.6 Å². The lowest BCUT2D eigenvalue weighted by molar-refractivity contribution is 0.415. The van der Waals surface area contributed by atoms with Crippen molar-refractivity contribution >= 4 is 21.2 Å². The molecule has 0 amide bonds. The van der Waals surface area contributed by atoms with Crippen LogP contribution in [-0.4, -0.2) is 39.2 Å². The largest absolute Gasteiger partial charge is 0.497 e. The monoisotopic (exact) mass is 375 g/mol. The molecule has 4 nitrogen and oxygen atoms in total. The molecule has 0 N–H and O–H groups in total. The molecule has 0 radical (unpaired) electrons. The van der Waals surface area contributed by atoms with E-state index in [1.807, 2.05) is 24.3 Å². The Balaban J connectivity index is 2.05. The molecule has 3 rings (SSSR count). The van der Waals surface area contributed by atoms with E-state index in [4.69, 9.17) is 4.74 Å². The van der Waals surface area contributed by atoms with Crippen LogP contribution >= 0.6 is 0 Å². The van der Waals surface area contributed by atoms with Crippen molar-refractivity contribution in [2.24, 2.45) is 0 Å². The van der Waals surface area contributed by atoms with E-state index in [1.165, 1.54) is 22.7 Å². The zero-order valence-electron chi connectivity index (χ0n) is 14.9. The third-order valence-corrected chi connectivity index (χ3v) is 5.99. The molecule has 0 atom stereocenters. The molecule has 0 bridgehead atoms. The molecule has 1 aliphatic rings. The predicted octanol–water partition coefficient (Wildman–Crippen LogP) is 3.80. The Morgan fingerprint density at radius 2 is 1.35 bits per heavy atom. The van der Waals surface area contributed by atoms with Gasteiger partial charge in [-0.05, 0) is 59.4 Å². The molecular formula is C20H22FNO3S. The zero-order valence-corrected chi connectivity index (χ0v) is 15.7. The van der Waals surface area contributed by atoms with Crippen LogP contribution < -0.4 is 4.74 Å². The van der Waals surface area contributed by atoms with E-state index >= 15 is 0 Å². The lowest BCUT2D eigenvalue weighted by atomic mass is 9.91. The number of benzene rings is 2. The molecule has 0 saturated heterocycles. The van der Waals surface area contributed by atoms with Crippen LogP contribution in [0.4, 0.5) is 4.39 Å². The van der Waals surface area contributed by atoms with E-state index in [0.717, 1.165) is 28.0 Å². The lowest BCUT2D eigenvalue weighted by Gasteiger charge is -2.17. The van der Waals surface area contributed by atoms with Gasteiger partial charge in [-0.25, -0.2) is 17.1 Å². The minimum atomic E-state index is -3.25. The van der Waals surface area contributed by atoms with Gasteiger partial charge < -0.3 is 4.74 Å². The van der Waals surface area contributed by atoms with Gasteiger partial charge in [-0.2, -0.15) is 0 Å². The number of hydrogen-bond donors (Lipinski definition) is 0. The summed E-state index contributed by atoms with van der Waals surface area (Å²) in [7, 11) is -1.63. The highest BCUT2D eigenvalue weighted by Crippen LogP contribution is 2.35. The molecule has 26 heavy (non-hydrogen) atoms. The Kier molecular flexibility index (Phi) is 5.44. The minimum Gasteiger partial charge on any atom is -0.497 e. The summed E-state index contributed by atoms with van der Waals surface area (Å²) in [5.41, 5.74) is 4.10. The second-order valence-corrected chi connectivity index (χ2v) is 8.34. The van der Waals surface area contributed by atoms with Gasteiger partial charge in [0.2, 0.25) is 10.0 Å². The topological polar surface area (TPSA) is 46.6 Å². The van der Waals surface area contributed by atoms with Gasteiger partial charge in [-0.1, -0.05) is 24.3 Å². The highest BCUT2D eigenvalue weighted by molar-refractivity contribution is 7.88. The van der Waals surface area contributed by atoms with E-state index in [-0.39, 0.29) is 5.82 Å². The quantitative estimate of drug-likeness (QED) is 0.817. The van der Waals surface area contributed by atoms with Gasteiger partial charge in [-0.15, -0.1) is 0 Å². The molecule has 1 heterocycles. The number of sulfonamides is 1. The fourth-order valence-electron chi connectivity index (χ4n) is 3.30. The molecule has 138 valence electrons. The normalized spacial score (nSPS) is 16.4. The van der Waals surface area contributed by atoms with Crippen molar-refractivity contribution in [2.45, 2.75) is 12.8 Å². The summed E-state index contributed by atoms with van der Waals surface area (Å²) in [5, 5.41) is 0. The van der Waals surface area contributed by atoms with Crippen LogP contribution in [0.5, 0.6) is 5.75 Å². The lowest BCUT2D eigenvalue weighted by Crippen LogP contribution is -2.31. The first-order chi connectivity index (χ1) is 12.4. The van der Waals surface area contributed by atoms with Crippen LogP contribution in [-0.2, 0) is 10.0 Å². The van der Waals surface area contributed by atoms with Crippen molar-refractivity contribution < 1.29 is 17.5 Å². The van der Waals surface area contributed by atoms with Crippen molar-refractivity contribution in [3.05, 3.63) is 65.5 Å². The van der Waals surface area contributed by atoms with Crippen LogP contribution in [0.1, 0.15) is 24.0 Å². The van der Waals surface area contributed by atoms with Crippen molar-refractivity contribution in [1.29, 1.82) is 0 Å². The summed E-state index contributed by atoms with van der Waals surface area (Å²) in [6, 6.07) is 14.1. The van der Waals surface area contributed by atoms with E-state index in [2.05, 4.69) is 0 Å². The fourth-order valence-corrected chi connectivity index (χ4v) is 4.14. The first-order valence-corrected chi connectivity index (χ1v) is 10.3. The molecule has 2 aromatic rings. The van der Waals surface area contributed by atoms with Crippen LogP contribution in [0.2, 0.25) is 0 Å². The third kappa shape index (κ3) is 4.14. The number of nitrogens with zero attached hydrogens (tertiary/aromatic N) is 1. The van der Waals surface area contributed by atoms with Crippen molar-refractivity contribution in [3.63, 3.8) is 0 Å². The Morgan fingerprint density at radius 3 is 1.77 bits per heavy atom. The number of rotatable bonds is 4. The molecule has 0 spiro atoms. The van der Waals surface area contributed by atoms with E-state index < -0.39 is 10.0 Å². The van der Waals surface area contributed by atoms with Gasteiger partial charge in [-0.3, -0.25) is 0 Å². The van der Waals surface area contributed by atoms with Crippen molar-refractivity contribution in [3.8, 4) is 5.75 Å². The standard InChI is InChI=1S/C20H22FNO3S/c1-25-18-9-5-16(6-10-18)20-12-14-22(26(2,23)24)13-11-19(20)15-3-7-17(21)8-4-15/h3-10H,11-14H2,1-2H3. The molecular weight excluding hydrogens is 353 g/mol. The molecule has 0 aromatic heterocycles. The van der Waals surface area contributed by atoms with E-state index in [0.29, 0.717) is 25.9 Å². The van der Waals surface area contributed by atoms with Gasteiger partial charge in [0.05, 0.1) is 13.4 Å². The van der Waals surface area contributed by atoms with Crippen LogP contribution in [0.25, 0.3) is 11.1 Å². The summed E-state index contributed by atoms with van der Waals surface area (Å²) in [6.07, 6.45) is 2.43. The number of ether oxygens (including phenoxy) is 1. The van der Waals surface area contributed by atoms with Crippen LogP contribution in [0, 0.1) is 5.82 Å². The van der Waals surface area contributed by atoms with Crippen molar-refractivity contribution in [1.82, 2.24) is 4.31 Å². The third-order valence-electron chi connectivity index (χ3n) is 4.69. The summed E-state index contributed by atoms with van der Waals surface area (Å²) in [5.74, 6) is 0.482. The van der Waals surface area contributed by atoms with Gasteiger partial charge >= 0.3 is 0 Å². The Hall–Kier alpha value is -2.18. The SMILES string of the molecule is COc1ccc(C2=C(c3ccc(F)cc3)CCN(S(C)(=O)=O)CC2)cc1. The Morgan fingerprint density at radius 1 is 0.885 bits per heavy atom. The molecule has 0 aliphatic carbocycles. The summed E-state index contributed by atoms with van der Waals surface area (Å²) < 4.78 is 44.1. The maximum absolute atomic E-state index is 13.3. The van der Waals surface area contributed by atoms with Gasteiger partial charge in [0.15, 0.2) is 0 Å². The summed E-state index contributed by atoms with van der Waals surface area (Å²) >= 11 is 0. The number of hydrogen-bond acceptors (Lipinski definition) is 3. The first-order valence-electron chi connectivity index (χ1n) is 8.46. The first kappa shape index (κ1) is 18.6. The summed E-state index contributed by atoms with van der Waals surface area (Å²) in [4.78, 5) is 0. The van der Waals surface area contributed by atoms with E-state index in [1.54, 1.807) is 19.2 Å². The highest BCUT2D eigenvalue weighted by Gasteiger charge is 2.23. The maximum atomic E-state index is 13.3. The molecule has 2 aromatic carbocycles. The fraction of sp³-hybridized carbons (Fsp3) is 0.300. The van der Waals surface area contributed by atoms with Gasteiger partial charge in [0, 0.05) is 13.1 Å². The average molecular weight is 375 g/mol. The second-order valence-electron chi connectivity index (χ2n) is 6.35. The van der Waals surface area contributed by atoms with Crippen molar-refractivity contribution in [2.75, 3.05) is 26.5 Å². The van der Waals surface area contributed by atoms with E-state index in [9.17, 15) is 12.8 Å². The minimum absolute atomic E-state index is 0.285. The maximum Gasteiger partial charge on any atom is 0.211 e. The van der Waals surface area contributed by atoms with Crippen LogP contribution in [0.3, 0.4) is 0 Å². The summed E-state index contributed by atoms with van der Waals surface area (Å²) in [6.45, 7) is 0.857. The molecule has 1 aliphatic heterocycles. The Bertz CT molecular complexity index is 903. The number of halogens is 1. The van der Waals surface area contributed by atoms with Gasteiger partial charge in [0.25, 0.3) is 0 Å². The molecule has 6 heteroatoms. The zero-order chi connectivity index (χ0) is 18.7. The molecule has 0 fully saturated rings. The van der Waals surface area contributed by atoms with Crippen LogP contribution in [0.15, 0.2) is 48.5 Å². The smallest absolute Gasteiger partial charge is 0.211 e. The highest BCUT2D eigenvalue weighted by atomic mass is 32.2. The number of methoxy groups -OCH3 is 1. The molecule has 0 unspecified atom stereocenters.